The smallest absolute Gasteiger partial charge is 0.0959 e. The van der Waals surface area contributed by atoms with Crippen LogP contribution in [0, 0.1) is 6.92 Å². The van der Waals surface area contributed by atoms with Gasteiger partial charge in [-0.25, -0.2) is 0 Å². The van der Waals surface area contributed by atoms with Crippen molar-refractivity contribution in [2.75, 3.05) is 11.5 Å². The molecule has 0 saturated carbocycles. The Balaban J connectivity index is 1.77. The molecule has 0 amide bonds. The van der Waals surface area contributed by atoms with Crippen LogP contribution < -0.4 is 4.90 Å². The van der Waals surface area contributed by atoms with Crippen LogP contribution in [0.3, 0.4) is 0 Å². The van der Waals surface area contributed by atoms with Crippen molar-refractivity contribution < 1.29 is 2.74 Å². The summed E-state index contributed by atoms with van der Waals surface area (Å²) in [5.41, 5.74) is 7.03. The normalized spacial score (nSPS) is 25.1. The Morgan fingerprint density at radius 3 is 2.38 bits per heavy atom. The zero-order valence-corrected chi connectivity index (χ0v) is 15.0. The monoisotopic (exact) mass is 340 g/mol. The van der Waals surface area contributed by atoms with Gasteiger partial charge in [-0.2, -0.15) is 0 Å². The third-order valence-electron chi connectivity index (χ3n) is 5.28. The molecule has 2 aliphatic heterocycles. The van der Waals surface area contributed by atoms with Gasteiger partial charge in [0.05, 0.1) is 21.1 Å². The van der Waals surface area contributed by atoms with Crippen LogP contribution in [0.1, 0.15) is 37.9 Å². The van der Waals surface area contributed by atoms with Gasteiger partial charge in [-0.3, -0.25) is 0 Å². The van der Waals surface area contributed by atoms with E-state index >= 15 is 0 Å². The predicted octanol–water partition coefficient (Wildman–Crippen LogP) is 5.57. The van der Waals surface area contributed by atoms with Gasteiger partial charge >= 0.3 is 0 Å². The number of anilines is 1. The molecular formula is C24H22N2. The zero-order valence-electron chi connectivity index (χ0n) is 17.0. The maximum Gasteiger partial charge on any atom is 0.0959 e. The molecule has 0 spiro atoms. The van der Waals surface area contributed by atoms with Crippen LogP contribution in [-0.2, 0) is 0 Å². The Kier molecular flexibility index (Phi) is 2.94. The van der Waals surface area contributed by atoms with Gasteiger partial charge in [-0.15, -0.1) is 0 Å². The fourth-order valence-corrected chi connectivity index (χ4v) is 4.04. The summed E-state index contributed by atoms with van der Waals surface area (Å²) in [5.74, 6) is 0. The summed E-state index contributed by atoms with van der Waals surface area (Å²) in [6.07, 6.45) is 0. The van der Waals surface area contributed by atoms with Crippen LogP contribution in [0.5, 0.6) is 0 Å². The fourth-order valence-electron chi connectivity index (χ4n) is 4.04. The van der Waals surface area contributed by atoms with Gasteiger partial charge in [0.15, 0.2) is 0 Å². The number of hydrogen-bond donors (Lipinski definition) is 0. The first-order chi connectivity index (χ1) is 13.5. The molecule has 2 heteroatoms. The predicted molar refractivity (Wildman–Crippen MR) is 108 cm³/mol. The highest BCUT2D eigenvalue weighted by Crippen LogP contribution is 2.50. The van der Waals surface area contributed by atoms with Gasteiger partial charge in [0, 0.05) is 16.9 Å². The van der Waals surface area contributed by atoms with Gasteiger partial charge in [0.1, 0.15) is 0 Å². The highest BCUT2D eigenvalue weighted by atomic mass is 15.4. The average molecular weight is 340 g/mol. The van der Waals surface area contributed by atoms with Crippen molar-refractivity contribution in [1.82, 2.24) is 4.90 Å². The van der Waals surface area contributed by atoms with Crippen molar-refractivity contribution in [3.05, 3.63) is 107 Å². The third kappa shape index (κ3) is 2.12. The first-order valence-corrected chi connectivity index (χ1v) is 8.98. The molecule has 3 aromatic rings. The Labute approximate surface area is 157 Å². The number of aryl methyl sites for hydroxylation is 1. The molecule has 2 nitrogen and oxygen atoms in total. The summed E-state index contributed by atoms with van der Waals surface area (Å²) in [6, 6.07) is 25.0. The van der Waals surface area contributed by atoms with Crippen LogP contribution in [-0.4, -0.2) is 11.5 Å². The average Bonchev–Trinajstić information content (AvgIpc) is 3.15. The lowest BCUT2D eigenvalue weighted by atomic mass is 9.97. The van der Waals surface area contributed by atoms with Gasteiger partial charge < -0.3 is 9.80 Å². The molecule has 0 aliphatic carbocycles. The highest BCUT2D eigenvalue weighted by Gasteiger charge is 2.41. The van der Waals surface area contributed by atoms with Gasteiger partial charge in [-0.1, -0.05) is 72.8 Å². The quantitative estimate of drug-likeness (QED) is 0.602. The van der Waals surface area contributed by atoms with Crippen LogP contribution >= 0.6 is 0 Å². The summed E-state index contributed by atoms with van der Waals surface area (Å²) in [4.78, 5) is 4.00. The standard InChI is InChI=1S/C24H22N2/c1-17-10-6-9-15-22(17)25-16-26-23(18(25)2)20-13-7-8-14-21(20)24(26)19-11-4-3-5-12-19/h3-15,24H,16H2,1-2H3/i16D,24D. The molecule has 128 valence electrons. The van der Waals surface area contributed by atoms with Gasteiger partial charge in [-0.05, 0) is 36.6 Å². The topological polar surface area (TPSA) is 6.48 Å². The molecule has 2 atom stereocenters. The van der Waals surface area contributed by atoms with Crippen LogP contribution in [0.4, 0.5) is 5.69 Å². The van der Waals surface area contributed by atoms with E-state index in [1.165, 1.54) is 0 Å². The second-order valence-electron chi connectivity index (χ2n) is 6.84. The Morgan fingerprint density at radius 1 is 0.885 bits per heavy atom. The van der Waals surface area contributed by atoms with E-state index in [0.29, 0.717) is 0 Å². The van der Waals surface area contributed by atoms with E-state index in [1.54, 1.807) is 0 Å². The van der Waals surface area contributed by atoms with Crippen LogP contribution in [0.15, 0.2) is 84.6 Å². The second-order valence-corrected chi connectivity index (χ2v) is 6.84. The summed E-state index contributed by atoms with van der Waals surface area (Å²) in [5, 5.41) is 0. The minimum Gasteiger partial charge on any atom is -0.340 e. The van der Waals surface area contributed by atoms with Crippen molar-refractivity contribution in [3.63, 3.8) is 0 Å². The SMILES string of the molecule is [2H]C1N(c2ccccc2C)C(C)=C2c3ccccc3C([2H])(c3ccccc3)N21. The Morgan fingerprint density at radius 2 is 1.58 bits per heavy atom. The molecule has 0 fully saturated rings. The molecule has 26 heavy (non-hydrogen) atoms. The van der Waals surface area contributed by atoms with E-state index in [0.717, 1.165) is 39.3 Å². The van der Waals surface area contributed by atoms with E-state index in [4.69, 9.17) is 1.37 Å². The van der Waals surface area contributed by atoms with Crippen molar-refractivity contribution in [2.24, 2.45) is 0 Å². The molecule has 0 radical (unpaired) electrons. The van der Waals surface area contributed by atoms with E-state index in [-0.39, 0.29) is 0 Å². The van der Waals surface area contributed by atoms with E-state index in [2.05, 4.69) is 32.0 Å². The molecule has 2 aliphatic rings. The van der Waals surface area contributed by atoms with Crippen molar-refractivity contribution in [3.8, 4) is 0 Å². The molecule has 2 unspecified atom stereocenters. The number of nitrogens with zero attached hydrogens (tertiary/aromatic N) is 2. The third-order valence-corrected chi connectivity index (χ3v) is 5.28. The zero-order chi connectivity index (χ0) is 19.5. The number of hydrogen-bond acceptors (Lipinski definition) is 2. The lowest BCUT2D eigenvalue weighted by molar-refractivity contribution is 0.380. The molecule has 0 bridgehead atoms. The number of allylic oxidation sites excluding steroid dienone is 1. The van der Waals surface area contributed by atoms with Gasteiger partial charge in [0.2, 0.25) is 0 Å². The molecule has 0 saturated heterocycles. The number of para-hydroxylation sites is 1. The summed E-state index contributed by atoms with van der Waals surface area (Å²) in [6.45, 7) is 3.43. The van der Waals surface area contributed by atoms with Crippen molar-refractivity contribution in [2.45, 2.75) is 19.9 Å². The molecular weight excluding hydrogens is 316 g/mol. The van der Waals surface area contributed by atoms with Crippen LogP contribution in [0.25, 0.3) is 5.70 Å². The Bertz CT molecular complexity index is 1090. The van der Waals surface area contributed by atoms with E-state index in [9.17, 15) is 1.37 Å². The lowest BCUT2D eigenvalue weighted by Crippen LogP contribution is -2.29. The molecule has 5 rings (SSSR count). The number of benzene rings is 3. The minimum absolute atomic E-state index is 0.707. The maximum atomic E-state index is 9.60. The van der Waals surface area contributed by atoms with Crippen LogP contribution in [0.2, 0.25) is 0 Å². The minimum atomic E-state index is -1.13. The second kappa shape index (κ2) is 5.77. The maximum absolute atomic E-state index is 9.60. The molecule has 0 aromatic heterocycles. The largest absolute Gasteiger partial charge is 0.340 e. The fraction of sp³-hybridized carbons (Fsp3) is 0.167. The molecule has 0 N–H and O–H groups in total. The number of rotatable bonds is 2. The van der Waals surface area contributed by atoms with E-state index in [1.807, 2.05) is 70.5 Å². The van der Waals surface area contributed by atoms with Gasteiger partial charge in [0.25, 0.3) is 0 Å². The van der Waals surface area contributed by atoms with Crippen molar-refractivity contribution >= 4 is 11.4 Å². The highest BCUT2D eigenvalue weighted by molar-refractivity contribution is 5.81. The first-order valence-electron chi connectivity index (χ1n) is 10.1. The summed E-state index contributed by atoms with van der Waals surface area (Å²) >= 11 is 0. The first kappa shape index (κ1) is 13.2. The van der Waals surface area contributed by atoms with Crippen molar-refractivity contribution in [1.29, 1.82) is 0 Å². The molecule has 2 heterocycles. The number of fused-ring (bicyclic) bond motifs is 3. The summed E-state index contributed by atoms with van der Waals surface area (Å²) < 4.78 is 18.8. The lowest BCUT2D eigenvalue weighted by Gasteiger charge is -2.29. The Hall–Kier alpha value is -3.00. The van der Waals surface area contributed by atoms with E-state index < -0.39 is 12.7 Å². The molecule has 3 aromatic carbocycles. The summed E-state index contributed by atoms with van der Waals surface area (Å²) in [7, 11) is 0.